The summed E-state index contributed by atoms with van der Waals surface area (Å²) in [6.07, 6.45) is -6.91. The molecule has 3 rings (SSSR count). The van der Waals surface area contributed by atoms with Gasteiger partial charge in [0.2, 0.25) is 0 Å². The molecule has 2 heterocycles. The molecule has 0 unspecified atom stereocenters. The van der Waals surface area contributed by atoms with Gasteiger partial charge in [-0.25, -0.2) is 9.78 Å². The van der Waals surface area contributed by atoms with Crippen LogP contribution in [-0.4, -0.2) is 76.7 Å². The fourth-order valence-corrected chi connectivity index (χ4v) is 3.12. The van der Waals surface area contributed by atoms with Crippen LogP contribution in [0.15, 0.2) is 36.7 Å². The van der Waals surface area contributed by atoms with E-state index in [4.69, 9.17) is 4.74 Å². The van der Waals surface area contributed by atoms with Crippen molar-refractivity contribution in [3.05, 3.63) is 53.5 Å². The Bertz CT molecular complexity index is 989. The van der Waals surface area contributed by atoms with E-state index in [1.807, 2.05) is 0 Å². The summed E-state index contributed by atoms with van der Waals surface area (Å²) in [6, 6.07) is 4.72. The predicted octanol–water partition coefficient (Wildman–Crippen LogP) is 0.613. The SMILES string of the molecule is COC(=O)c1ccc(C(=O)NC[C@H]2OC[C@H](Nc3cncc(C(F)(F)F)n3)[C@@H](O)[C@H]2O)cc1. The van der Waals surface area contributed by atoms with Crippen molar-refractivity contribution >= 4 is 17.7 Å². The lowest BCUT2D eigenvalue weighted by atomic mass is 9.98. The summed E-state index contributed by atoms with van der Waals surface area (Å²) in [5.74, 6) is -1.29. The molecule has 1 aliphatic heterocycles. The zero-order valence-corrected chi connectivity index (χ0v) is 17.2. The van der Waals surface area contributed by atoms with Gasteiger partial charge in [0.1, 0.15) is 24.1 Å². The monoisotopic (exact) mass is 470 g/mol. The number of carbonyl (C=O) groups excluding carboxylic acids is 2. The zero-order chi connectivity index (χ0) is 24.2. The summed E-state index contributed by atoms with van der Waals surface area (Å²) in [5.41, 5.74) is -0.692. The maximum Gasteiger partial charge on any atom is 0.434 e. The van der Waals surface area contributed by atoms with E-state index in [1.165, 1.54) is 31.4 Å². The maximum absolute atomic E-state index is 12.8. The second-order valence-corrected chi connectivity index (χ2v) is 7.17. The number of hydrogen-bond donors (Lipinski definition) is 4. The molecule has 0 saturated carbocycles. The second kappa shape index (κ2) is 10.1. The fourth-order valence-electron chi connectivity index (χ4n) is 3.12. The molecular weight excluding hydrogens is 449 g/mol. The van der Waals surface area contributed by atoms with Gasteiger partial charge in [0.25, 0.3) is 5.91 Å². The molecule has 0 bridgehead atoms. The number of nitrogens with zero attached hydrogens (tertiary/aromatic N) is 2. The number of anilines is 1. The number of ether oxygens (including phenoxy) is 2. The van der Waals surface area contributed by atoms with Crippen molar-refractivity contribution in [1.29, 1.82) is 0 Å². The average molecular weight is 470 g/mol. The van der Waals surface area contributed by atoms with E-state index in [2.05, 4.69) is 25.3 Å². The van der Waals surface area contributed by atoms with Crippen LogP contribution in [0.1, 0.15) is 26.4 Å². The first-order valence-electron chi connectivity index (χ1n) is 9.70. The number of halogens is 3. The Morgan fingerprint density at radius 2 is 1.82 bits per heavy atom. The number of methoxy groups -OCH3 is 1. The molecule has 0 aliphatic carbocycles. The van der Waals surface area contributed by atoms with Crippen molar-refractivity contribution in [3.63, 3.8) is 0 Å². The molecule has 2 aromatic rings. The molecule has 4 atom stereocenters. The molecule has 1 amide bonds. The Hall–Kier alpha value is -3.29. The standard InChI is InChI=1S/C20H21F3N4O6/c1-32-19(31)11-4-2-10(3-5-11)18(30)25-6-13-17(29)16(28)12(9-33-13)26-15-8-24-7-14(27-15)20(21,22)23/h2-5,7-8,12-13,16-17,28-29H,6,9H2,1H3,(H,25,30)(H,26,27)/t12-,13+,16+,17-/m0/s1. The van der Waals surface area contributed by atoms with Crippen LogP contribution in [0, 0.1) is 0 Å². The van der Waals surface area contributed by atoms with Gasteiger partial charge in [0, 0.05) is 12.1 Å². The van der Waals surface area contributed by atoms with Gasteiger partial charge in [-0.15, -0.1) is 0 Å². The summed E-state index contributed by atoms with van der Waals surface area (Å²) >= 11 is 0. The number of benzene rings is 1. The first-order chi connectivity index (χ1) is 15.6. The summed E-state index contributed by atoms with van der Waals surface area (Å²) in [4.78, 5) is 30.6. The number of aliphatic hydroxyl groups excluding tert-OH is 2. The number of aromatic nitrogens is 2. The molecule has 0 radical (unpaired) electrons. The summed E-state index contributed by atoms with van der Waals surface area (Å²) in [5, 5.41) is 25.8. The molecule has 1 aromatic heterocycles. The van der Waals surface area contributed by atoms with Crippen molar-refractivity contribution < 1.29 is 42.4 Å². The second-order valence-electron chi connectivity index (χ2n) is 7.17. The fraction of sp³-hybridized carbons (Fsp3) is 0.400. The number of esters is 1. The number of hydrogen-bond acceptors (Lipinski definition) is 9. The van der Waals surface area contributed by atoms with Crippen LogP contribution in [-0.2, 0) is 15.7 Å². The molecule has 178 valence electrons. The topological polar surface area (TPSA) is 143 Å². The van der Waals surface area contributed by atoms with Crippen LogP contribution < -0.4 is 10.6 Å². The Morgan fingerprint density at radius 1 is 1.15 bits per heavy atom. The lowest BCUT2D eigenvalue weighted by molar-refractivity contribution is -0.141. The highest BCUT2D eigenvalue weighted by molar-refractivity contribution is 5.96. The molecule has 13 heteroatoms. The third-order valence-electron chi connectivity index (χ3n) is 4.92. The van der Waals surface area contributed by atoms with Gasteiger partial charge >= 0.3 is 12.1 Å². The van der Waals surface area contributed by atoms with Gasteiger partial charge in [0.05, 0.1) is 37.7 Å². The predicted molar refractivity (Wildman–Crippen MR) is 106 cm³/mol. The summed E-state index contributed by atoms with van der Waals surface area (Å²) < 4.78 is 48.4. The molecule has 1 aromatic carbocycles. The Labute approximate surface area is 185 Å². The van der Waals surface area contributed by atoms with Crippen LogP contribution in [0.3, 0.4) is 0 Å². The van der Waals surface area contributed by atoms with Crippen LogP contribution in [0.2, 0.25) is 0 Å². The molecule has 1 aliphatic rings. The van der Waals surface area contributed by atoms with Crippen molar-refractivity contribution in [2.45, 2.75) is 30.5 Å². The Morgan fingerprint density at radius 3 is 2.45 bits per heavy atom. The van der Waals surface area contributed by atoms with E-state index in [0.29, 0.717) is 6.20 Å². The minimum absolute atomic E-state index is 0.147. The smallest absolute Gasteiger partial charge is 0.434 e. The van der Waals surface area contributed by atoms with E-state index in [1.54, 1.807) is 0 Å². The number of alkyl halides is 3. The van der Waals surface area contributed by atoms with Crippen molar-refractivity contribution in [2.75, 3.05) is 25.6 Å². The zero-order valence-electron chi connectivity index (χ0n) is 17.2. The first-order valence-corrected chi connectivity index (χ1v) is 9.70. The van der Waals surface area contributed by atoms with Crippen LogP contribution >= 0.6 is 0 Å². The number of carbonyl (C=O) groups is 2. The van der Waals surface area contributed by atoms with Gasteiger partial charge in [-0.3, -0.25) is 9.78 Å². The van der Waals surface area contributed by atoms with Gasteiger partial charge in [-0.1, -0.05) is 0 Å². The molecular formula is C20H21F3N4O6. The van der Waals surface area contributed by atoms with Gasteiger partial charge < -0.3 is 30.3 Å². The van der Waals surface area contributed by atoms with E-state index in [-0.39, 0.29) is 30.1 Å². The Balaban J connectivity index is 1.55. The normalized spacial score (nSPS) is 23.0. The molecule has 4 N–H and O–H groups in total. The molecule has 0 spiro atoms. The minimum atomic E-state index is -4.69. The highest BCUT2D eigenvalue weighted by Crippen LogP contribution is 2.28. The van der Waals surface area contributed by atoms with Gasteiger partial charge in [-0.05, 0) is 24.3 Å². The maximum atomic E-state index is 12.8. The molecule has 10 nitrogen and oxygen atoms in total. The van der Waals surface area contributed by atoms with Crippen molar-refractivity contribution in [3.8, 4) is 0 Å². The Kier molecular flexibility index (Phi) is 7.46. The molecule has 1 fully saturated rings. The van der Waals surface area contributed by atoms with E-state index in [9.17, 15) is 33.0 Å². The molecule has 1 saturated heterocycles. The van der Waals surface area contributed by atoms with Gasteiger partial charge in [-0.2, -0.15) is 13.2 Å². The van der Waals surface area contributed by atoms with Gasteiger partial charge in [0.15, 0.2) is 5.69 Å². The largest absolute Gasteiger partial charge is 0.465 e. The minimum Gasteiger partial charge on any atom is -0.465 e. The first kappa shape index (κ1) is 24.4. The summed E-state index contributed by atoms with van der Waals surface area (Å²) in [6.45, 7) is -0.323. The lowest BCUT2D eigenvalue weighted by Gasteiger charge is -2.38. The van der Waals surface area contributed by atoms with Crippen LogP contribution in [0.25, 0.3) is 0 Å². The quantitative estimate of drug-likeness (QED) is 0.447. The van der Waals surface area contributed by atoms with E-state index >= 15 is 0 Å². The third-order valence-corrected chi connectivity index (χ3v) is 4.92. The number of amides is 1. The van der Waals surface area contributed by atoms with Crippen molar-refractivity contribution in [1.82, 2.24) is 15.3 Å². The highest BCUT2D eigenvalue weighted by Gasteiger charge is 2.39. The molecule has 33 heavy (non-hydrogen) atoms. The number of rotatable bonds is 6. The number of aliphatic hydroxyl groups is 2. The van der Waals surface area contributed by atoms with Crippen LogP contribution in [0.5, 0.6) is 0 Å². The average Bonchev–Trinajstić information content (AvgIpc) is 2.80. The van der Waals surface area contributed by atoms with Crippen molar-refractivity contribution in [2.24, 2.45) is 0 Å². The van der Waals surface area contributed by atoms with E-state index < -0.39 is 48.1 Å². The number of nitrogens with one attached hydrogen (secondary N) is 2. The highest BCUT2D eigenvalue weighted by atomic mass is 19.4. The third kappa shape index (κ3) is 5.94. The van der Waals surface area contributed by atoms with Crippen LogP contribution in [0.4, 0.5) is 19.0 Å². The lowest BCUT2D eigenvalue weighted by Crippen LogP contribution is -2.58. The van der Waals surface area contributed by atoms with E-state index in [0.717, 1.165) is 6.20 Å². The summed E-state index contributed by atoms with van der Waals surface area (Å²) in [7, 11) is 1.24.